The maximum absolute atomic E-state index is 11.6. The summed E-state index contributed by atoms with van der Waals surface area (Å²) in [4.78, 5) is 23.0. The molecule has 1 aromatic carbocycles. The largest absolute Gasteiger partial charge is 0.444 e. The zero-order valence-corrected chi connectivity index (χ0v) is 17.3. The molecule has 25 heavy (non-hydrogen) atoms. The van der Waals surface area contributed by atoms with Crippen molar-refractivity contribution in [3.8, 4) is 5.75 Å². The van der Waals surface area contributed by atoms with Crippen LogP contribution in [0.5, 0.6) is 5.75 Å². The topological polar surface area (TPSA) is 64.6 Å². The zero-order chi connectivity index (χ0) is 19.1. The molecular weight excluding hydrogens is 358 g/mol. The molecule has 0 atom stereocenters. The molecule has 0 fully saturated rings. The van der Waals surface area contributed by atoms with Crippen molar-refractivity contribution in [1.82, 2.24) is 5.32 Å². The lowest BCUT2D eigenvalue weighted by molar-refractivity contribution is -0.133. The van der Waals surface area contributed by atoms with Gasteiger partial charge in [-0.3, -0.25) is 4.79 Å². The Hall–Kier alpha value is -1.34. The minimum atomic E-state index is -0.481. The van der Waals surface area contributed by atoms with Crippen LogP contribution in [0.1, 0.15) is 41.0 Å². The highest BCUT2D eigenvalue weighted by Crippen LogP contribution is 2.21. The van der Waals surface area contributed by atoms with Crippen LogP contribution >= 0.6 is 21.6 Å². The molecule has 7 heteroatoms. The summed E-state index contributed by atoms with van der Waals surface area (Å²) in [5.74, 6) is 1.74. The van der Waals surface area contributed by atoms with Gasteiger partial charge in [0.1, 0.15) is 11.4 Å². The molecule has 1 N–H and O–H groups in total. The van der Waals surface area contributed by atoms with Gasteiger partial charge in [-0.25, -0.2) is 4.79 Å². The fourth-order valence-corrected chi connectivity index (χ4v) is 3.30. The molecule has 5 nitrogen and oxygen atoms in total. The second-order valence-corrected chi connectivity index (χ2v) is 8.31. The first-order chi connectivity index (χ1) is 11.9. The number of para-hydroxylation sites is 1. The van der Waals surface area contributed by atoms with Gasteiger partial charge >= 0.3 is 12.1 Å². The summed E-state index contributed by atoms with van der Waals surface area (Å²) in [5.41, 5.74) is -0.481. The Kier molecular flexibility index (Phi) is 13.2. The summed E-state index contributed by atoms with van der Waals surface area (Å²) < 4.78 is 10.3. The lowest BCUT2D eigenvalue weighted by atomic mass is 10.2. The monoisotopic (exact) mass is 387 g/mol. The van der Waals surface area contributed by atoms with E-state index >= 15 is 0 Å². The Morgan fingerprint density at radius 1 is 1.04 bits per heavy atom. The molecule has 0 aromatic heterocycles. The number of carbonyl (C=O) groups excluding carboxylic acids is 2. The van der Waals surface area contributed by atoms with Crippen molar-refractivity contribution in [1.29, 1.82) is 0 Å². The zero-order valence-electron chi connectivity index (χ0n) is 15.7. The van der Waals surface area contributed by atoms with Gasteiger partial charge in [0.15, 0.2) is 0 Å². The number of ether oxygens (including phenoxy) is 2. The van der Waals surface area contributed by atoms with E-state index in [1.807, 2.05) is 52.8 Å². The van der Waals surface area contributed by atoms with Crippen LogP contribution in [0.4, 0.5) is 4.79 Å². The van der Waals surface area contributed by atoms with Crippen molar-refractivity contribution in [2.75, 3.05) is 18.1 Å². The molecule has 142 valence electrons. The molecule has 0 saturated heterocycles. The summed E-state index contributed by atoms with van der Waals surface area (Å²) in [6.45, 7) is 10.0. The Bertz CT molecular complexity index is 490. The number of benzene rings is 1. The fraction of sp³-hybridized carbons (Fsp3) is 0.556. The molecule has 0 spiro atoms. The number of alkyl carbamates (subject to hydrolysis) is 1. The Labute approximate surface area is 159 Å². The van der Waals surface area contributed by atoms with E-state index in [0.717, 1.165) is 5.75 Å². The predicted octanol–water partition coefficient (Wildman–Crippen LogP) is 4.91. The predicted molar refractivity (Wildman–Crippen MR) is 107 cm³/mol. The van der Waals surface area contributed by atoms with Crippen LogP contribution in [0, 0.1) is 0 Å². The molecule has 0 aliphatic heterocycles. The number of hydrogen-bond donors (Lipinski definition) is 1. The van der Waals surface area contributed by atoms with Gasteiger partial charge in [0.2, 0.25) is 0 Å². The quantitative estimate of drug-likeness (QED) is 0.296. The molecule has 0 radical (unpaired) electrons. The summed E-state index contributed by atoms with van der Waals surface area (Å²) in [5, 5.41) is 2.68. The van der Waals surface area contributed by atoms with Crippen molar-refractivity contribution in [2.24, 2.45) is 0 Å². The standard InChI is InChI=1S/C16H23NO4S2.C2H6/c1-16(2,3)21-15(19)17-10-12-23-22-11-9-14(18)20-13-7-5-4-6-8-13;1-2/h4-8H,9-12H2,1-3H3,(H,17,19);1-2H3. The molecule has 1 aromatic rings. The van der Waals surface area contributed by atoms with Crippen molar-refractivity contribution in [3.63, 3.8) is 0 Å². The highest BCUT2D eigenvalue weighted by Gasteiger charge is 2.15. The number of carbonyl (C=O) groups is 2. The van der Waals surface area contributed by atoms with Crippen LogP contribution < -0.4 is 10.1 Å². The molecule has 0 aliphatic carbocycles. The van der Waals surface area contributed by atoms with Gasteiger partial charge in [0.25, 0.3) is 0 Å². The van der Waals surface area contributed by atoms with Gasteiger partial charge in [-0.1, -0.05) is 53.6 Å². The molecule has 0 aliphatic rings. The van der Waals surface area contributed by atoms with Crippen LogP contribution in [-0.2, 0) is 9.53 Å². The molecule has 1 rings (SSSR count). The van der Waals surface area contributed by atoms with Gasteiger partial charge in [-0.2, -0.15) is 0 Å². The molecular formula is C18H29NO4S2. The van der Waals surface area contributed by atoms with E-state index in [4.69, 9.17) is 9.47 Å². The third-order valence-electron chi connectivity index (χ3n) is 2.30. The number of amides is 1. The van der Waals surface area contributed by atoms with E-state index in [1.165, 1.54) is 0 Å². The lowest BCUT2D eigenvalue weighted by Crippen LogP contribution is -2.33. The molecule has 0 saturated carbocycles. The van der Waals surface area contributed by atoms with Crippen molar-refractivity contribution in [2.45, 2.75) is 46.6 Å². The van der Waals surface area contributed by atoms with Crippen LogP contribution in [-0.4, -0.2) is 35.7 Å². The third kappa shape index (κ3) is 14.7. The van der Waals surface area contributed by atoms with Gasteiger partial charge in [-0.05, 0) is 32.9 Å². The van der Waals surface area contributed by atoms with E-state index in [9.17, 15) is 9.59 Å². The van der Waals surface area contributed by atoms with Crippen LogP contribution in [0.15, 0.2) is 30.3 Å². The van der Waals surface area contributed by atoms with E-state index in [-0.39, 0.29) is 5.97 Å². The second-order valence-electron chi connectivity index (χ2n) is 5.61. The molecule has 1 amide bonds. The van der Waals surface area contributed by atoms with Gasteiger partial charge in [-0.15, -0.1) is 0 Å². The summed E-state index contributed by atoms with van der Waals surface area (Å²) in [6, 6.07) is 9.02. The van der Waals surface area contributed by atoms with Gasteiger partial charge in [0.05, 0.1) is 6.42 Å². The first kappa shape index (κ1) is 23.7. The van der Waals surface area contributed by atoms with Gasteiger partial charge < -0.3 is 14.8 Å². The van der Waals surface area contributed by atoms with Crippen LogP contribution in [0.3, 0.4) is 0 Å². The molecule has 0 unspecified atom stereocenters. The van der Waals surface area contributed by atoms with E-state index in [1.54, 1.807) is 33.7 Å². The summed E-state index contributed by atoms with van der Waals surface area (Å²) in [6.07, 6.45) is -0.0546. The molecule has 0 bridgehead atoms. The van der Waals surface area contributed by atoms with Crippen molar-refractivity contribution in [3.05, 3.63) is 30.3 Å². The SMILES string of the molecule is CC.CC(C)(C)OC(=O)NCCSSCCC(=O)Oc1ccccc1. The highest BCUT2D eigenvalue weighted by molar-refractivity contribution is 8.76. The minimum absolute atomic E-state index is 0.240. The maximum Gasteiger partial charge on any atom is 0.407 e. The number of esters is 1. The Morgan fingerprint density at radius 2 is 1.64 bits per heavy atom. The van der Waals surface area contributed by atoms with Crippen molar-refractivity contribution >= 4 is 33.7 Å². The number of nitrogens with one attached hydrogen (secondary N) is 1. The van der Waals surface area contributed by atoms with Gasteiger partial charge in [0, 0.05) is 18.1 Å². The smallest absolute Gasteiger partial charge is 0.407 e. The maximum atomic E-state index is 11.6. The fourth-order valence-electron chi connectivity index (χ4n) is 1.42. The Balaban J connectivity index is 0.00000277. The Morgan fingerprint density at radius 3 is 2.24 bits per heavy atom. The second kappa shape index (κ2) is 13.9. The first-order valence-corrected chi connectivity index (χ1v) is 10.8. The normalized spacial score (nSPS) is 10.3. The van der Waals surface area contributed by atoms with Crippen LogP contribution in [0.2, 0.25) is 0 Å². The van der Waals surface area contributed by atoms with E-state index in [2.05, 4.69) is 5.32 Å². The average molecular weight is 388 g/mol. The van der Waals surface area contributed by atoms with Crippen LogP contribution in [0.25, 0.3) is 0 Å². The third-order valence-corrected chi connectivity index (χ3v) is 4.71. The first-order valence-electron chi connectivity index (χ1n) is 8.34. The number of hydrogen-bond acceptors (Lipinski definition) is 6. The lowest BCUT2D eigenvalue weighted by Gasteiger charge is -2.19. The highest BCUT2D eigenvalue weighted by atomic mass is 33.1. The van der Waals surface area contributed by atoms with Crippen molar-refractivity contribution < 1.29 is 19.1 Å². The van der Waals surface area contributed by atoms with E-state index in [0.29, 0.717) is 24.5 Å². The average Bonchev–Trinajstić information content (AvgIpc) is 2.55. The summed E-state index contributed by atoms with van der Waals surface area (Å²) >= 11 is 0. The number of rotatable bonds is 8. The minimum Gasteiger partial charge on any atom is -0.444 e. The summed E-state index contributed by atoms with van der Waals surface area (Å²) in [7, 11) is 3.18. The molecule has 0 heterocycles. The van der Waals surface area contributed by atoms with E-state index < -0.39 is 11.7 Å².